The second-order valence-electron chi connectivity index (χ2n) is 7.21. The van der Waals surface area contributed by atoms with Crippen molar-refractivity contribution in [3.05, 3.63) is 64.8 Å². The van der Waals surface area contributed by atoms with Crippen LogP contribution >= 0.6 is 0 Å². The van der Waals surface area contributed by atoms with E-state index in [1.54, 1.807) is 47.9 Å². The fraction of sp³-hybridized carbons (Fsp3) is 0.0909. The molecule has 0 atom stereocenters. The van der Waals surface area contributed by atoms with E-state index in [1.807, 2.05) is 6.92 Å². The summed E-state index contributed by atoms with van der Waals surface area (Å²) < 4.78 is 1.60. The number of hydrogen-bond donors (Lipinski definition) is 4. The fourth-order valence-electron chi connectivity index (χ4n) is 3.66. The van der Waals surface area contributed by atoms with Gasteiger partial charge in [-0.15, -0.1) is 0 Å². The average Bonchev–Trinajstić information content (AvgIpc) is 3.02. The van der Waals surface area contributed by atoms with Gasteiger partial charge in [0.15, 0.2) is 11.5 Å². The van der Waals surface area contributed by atoms with Crippen molar-refractivity contribution < 1.29 is 14.7 Å². The Morgan fingerprint density at radius 2 is 1.68 bits per heavy atom. The van der Waals surface area contributed by atoms with Crippen LogP contribution in [0.5, 0.6) is 5.75 Å². The summed E-state index contributed by atoms with van der Waals surface area (Å²) >= 11 is 0. The Bertz CT molecular complexity index is 1370. The lowest BCUT2D eigenvalue weighted by Gasteiger charge is -2.15. The van der Waals surface area contributed by atoms with Crippen LogP contribution < -0.4 is 17.2 Å². The predicted molar refractivity (Wildman–Crippen MR) is 117 cm³/mol. The quantitative estimate of drug-likeness (QED) is 0.398. The number of fused-ring (bicyclic) bond motifs is 1. The van der Waals surface area contributed by atoms with E-state index < -0.39 is 11.8 Å². The number of aryl methyl sites for hydroxylation is 1. The third-order valence-electron chi connectivity index (χ3n) is 5.25. The largest absolute Gasteiger partial charge is 0.508 e. The Morgan fingerprint density at radius 3 is 2.29 bits per heavy atom. The Hall–Kier alpha value is -4.40. The minimum atomic E-state index is -0.709. The van der Waals surface area contributed by atoms with Crippen molar-refractivity contribution in [1.29, 1.82) is 0 Å². The first-order chi connectivity index (χ1) is 14.7. The maximum atomic E-state index is 12.2. The zero-order valence-electron chi connectivity index (χ0n) is 16.9. The highest BCUT2D eigenvalue weighted by molar-refractivity contribution is 6.11. The first-order valence-corrected chi connectivity index (χ1v) is 9.37. The van der Waals surface area contributed by atoms with Gasteiger partial charge in [0, 0.05) is 22.9 Å². The van der Waals surface area contributed by atoms with Crippen molar-refractivity contribution in [3.63, 3.8) is 0 Å². The first kappa shape index (κ1) is 19.9. The monoisotopic (exact) mass is 416 g/mol. The number of hydrogen-bond acceptors (Lipinski definition) is 6. The smallest absolute Gasteiger partial charge is 0.253 e. The zero-order valence-corrected chi connectivity index (χ0v) is 16.9. The third-order valence-corrected chi connectivity index (χ3v) is 5.25. The summed E-state index contributed by atoms with van der Waals surface area (Å²) in [7, 11) is 0. The molecule has 9 heteroatoms. The average molecular weight is 416 g/mol. The highest BCUT2D eigenvalue weighted by Gasteiger charge is 2.24. The third kappa shape index (κ3) is 3.12. The number of primary amides is 2. The van der Waals surface area contributed by atoms with E-state index in [-0.39, 0.29) is 17.1 Å². The molecule has 156 valence electrons. The minimum absolute atomic E-state index is 0.0822. The number of nitrogen functional groups attached to an aromatic ring is 1. The maximum Gasteiger partial charge on any atom is 0.253 e. The molecule has 0 radical (unpaired) electrons. The number of aromatic nitrogens is 3. The summed E-state index contributed by atoms with van der Waals surface area (Å²) in [5.74, 6) is -0.702. The van der Waals surface area contributed by atoms with E-state index in [0.29, 0.717) is 39.2 Å². The second-order valence-corrected chi connectivity index (χ2v) is 7.21. The molecule has 0 spiro atoms. The number of phenols is 1. The summed E-state index contributed by atoms with van der Waals surface area (Å²) in [6, 6.07) is 9.85. The first-order valence-electron chi connectivity index (χ1n) is 9.37. The van der Waals surface area contributed by atoms with Crippen LogP contribution in [0, 0.1) is 13.8 Å². The molecule has 0 saturated heterocycles. The van der Waals surface area contributed by atoms with Crippen LogP contribution in [0.25, 0.3) is 28.1 Å². The van der Waals surface area contributed by atoms with Crippen molar-refractivity contribution in [2.75, 3.05) is 5.73 Å². The Kier molecular flexibility index (Phi) is 4.58. The molecule has 2 amide bonds. The summed E-state index contributed by atoms with van der Waals surface area (Å²) in [6.07, 6.45) is 1.49. The molecule has 4 rings (SSSR count). The fourth-order valence-corrected chi connectivity index (χ4v) is 3.66. The molecule has 0 aliphatic rings. The highest BCUT2D eigenvalue weighted by Crippen LogP contribution is 2.36. The molecular formula is C22H20N6O3. The van der Waals surface area contributed by atoms with Crippen LogP contribution in [0.15, 0.2) is 42.6 Å². The van der Waals surface area contributed by atoms with Gasteiger partial charge in [-0.2, -0.15) is 0 Å². The normalized spacial score (nSPS) is 11.0. The molecular weight excluding hydrogens is 396 g/mol. The van der Waals surface area contributed by atoms with Crippen molar-refractivity contribution in [3.8, 4) is 22.8 Å². The van der Waals surface area contributed by atoms with Crippen LogP contribution in [0.2, 0.25) is 0 Å². The van der Waals surface area contributed by atoms with Gasteiger partial charge in [0.1, 0.15) is 11.6 Å². The topological polar surface area (TPSA) is 163 Å². The predicted octanol–water partition coefficient (Wildman–Crippen LogP) is 2.19. The van der Waals surface area contributed by atoms with E-state index in [4.69, 9.17) is 17.2 Å². The van der Waals surface area contributed by atoms with E-state index in [2.05, 4.69) is 9.97 Å². The molecule has 31 heavy (non-hydrogen) atoms. The standard InChI is InChI=1S/C22H20N6O3/c1-10-3-8-15(29)11(2)17(10)28-18(23)16(20(25)31)14-9-26-21(27-22(14)28)13-6-4-12(5-7-13)19(24)30/h3-9,29H,23H2,1-2H3,(H2,24,30)(H2,25,31). The molecule has 9 nitrogen and oxygen atoms in total. The van der Waals surface area contributed by atoms with Gasteiger partial charge in [0.2, 0.25) is 5.91 Å². The van der Waals surface area contributed by atoms with E-state index >= 15 is 0 Å². The van der Waals surface area contributed by atoms with Crippen LogP contribution in [0.1, 0.15) is 31.8 Å². The van der Waals surface area contributed by atoms with E-state index in [1.165, 1.54) is 6.20 Å². The van der Waals surface area contributed by atoms with Crippen LogP contribution in [0.4, 0.5) is 5.82 Å². The number of carbonyl (C=O) groups is 2. The molecule has 0 aliphatic carbocycles. The lowest BCUT2D eigenvalue weighted by Crippen LogP contribution is -2.14. The molecule has 2 aromatic heterocycles. The lowest BCUT2D eigenvalue weighted by atomic mass is 10.1. The SMILES string of the molecule is Cc1ccc(O)c(C)c1-n1c(N)c(C(N)=O)c2cnc(-c3ccc(C(N)=O)cc3)nc21. The van der Waals surface area contributed by atoms with Gasteiger partial charge in [-0.3, -0.25) is 14.2 Å². The van der Waals surface area contributed by atoms with Crippen molar-refractivity contribution in [2.45, 2.75) is 13.8 Å². The van der Waals surface area contributed by atoms with Crippen LogP contribution in [0.3, 0.4) is 0 Å². The van der Waals surface area contributed by atoms with Crippen LogP contribution in [-0.4, -0.2) is 31.5 Å². The number of nitrogens with two attached hydrogens (primary N) is 3. The summed E-state index contributed by atoms with van der Waals surface area (Å²) in [6.45, 7) is 3.61. The minimum Gasteiger partial charge on any atom is -0.508 e. The highest BCUT2D eigenvalue weighted by atomic mass is 16.3. The van der Waals surface area contributed by atoms with Gasteiger partial charge >= 0.3 is 0 Å². The number of rotatable bonds is 4. The molecule has 2 heterocycles. The maximum absolute atomic E-state index is 12.2. The number of anilines is 1. The van der Waals surface area contributed by atoms with Gasteiger partial charge in [-0.1, -0.05) is 18.2 Å². The van der Waals surface area contributed by atoms with E-state index in [9.17, 15) is 14.7 Å². The van der Waals surface area contributed by atoms with Crippen molar-refractivity contribution in [2.24, 2.45) is 11.5 Å². The Balaban J connectivity index is 2.03. The molecule has 0 fully saturated rings. The van der Waals surface area contributed by atoms with Gasteiger partial charge in [0.25, 0.3) is 5.91 Å². The molecule has 7 N–H and O–H groups in total. The number of benzene rings is 2. The van der Waals surface area contributed by atoms with Crippen molar-refractivity contribution >= 4 is 28.7 Å². The summed E-state index contributed by atoms with van der Waals surface area (Å²) in [5.41, 5.74) is 20.7. The Labute approximate surface area is 177 Å². The summed E-state index contributed by atoms with van der Waals surface area (Å²) in [4.78, 5) is 32.5. The number of amides is 2. The van der Waals surface area contributed by atoms with Gasteiger partial charge in [0.05, 0.1) is 16.6 Å². The molecule has 0 unspecified atom stereocenters. The molecule has 0 saturated carbocycles. The van der Waals surface area contributed by atoms with Gasteiger partial charge in [-0.05, 0) is 37.6 Å². The van der Waals surface area contributed by atoms with Gasteiger partial charge in [-0.25, -0.2) is 9.97 Å². The Morgan fingerprint density at radius 1 is 1.00 bits per heavy atom. The van der Waals surface area contributed by atoms with E-state index in [0.717, 1.165) is 5.56 Å². The molecule has 0 aliphatic heterocycles. The summed E-state index contributed by atoms with van der Waals surface area (Å²) in [5, 5.41) is 10.6. The molecule has 4 aromatic rings. The lowest BCUT2D eigenvalue weighted by molar-refractivity contribution is 0.0993. The zero-order chi connectivity index (χ0) is 22.4. The number of nitrogens with zero attached hydrogens (tertiary/aromatic N) is 3. The molecule has 0 bridgehead atoms. The van der Waals surface area contributed by atoms with Crippen molar-refractivity contribution in [1.82, 2.24) is 14.5 Å². The number of phenolic OH excluding ortho intramolecular Hbond substituents is 1. The second kappa shape index (κ2) is 7.13. The number of carbonyl (C=O) groups excluding carboxylic acids is 2. The molecule has 2 aromatic carbocycles. The van der Waals surface area contributed by atoms with Crippen LogP contribution in [-0.2, 0) is 0 Å². The van der Waals surface area contributed by atoms with Gasteiger partial charge < -0.3 is 22.3 Å². The number of aromatic hydroxyl groups is 1.